The molecule has 1 amide bonds. The molecule has 21 heavy (non-hydrogen) atoms. The molecule has 0 aliphatic carbocycles. The minimum Gasteiger partial charge on any atom is -0.482 e. The van der Waals surface area contributed by atoms with E-state index in [9.17, 15) is 4.79 Å². The van der Waals surface area contributed by atoms with Gasteiger partial charge in [-0.05, 0) is 6.07 Å². The monoisotopic (exact) mass is 288 g/mol. The highest BCUT2D eigenvalue weighted by Gasteiger charge is 2.17. The number of rotatable bonds is 4. The SMILES string of the molecule is Cn1cnnc1CCNc1cc2c(cc1N)OCC(=O)N2. The van der Waals surface area contributed by atoms with Gasteiger partial charge in [0.15, 0.2) is 6.61 Å². The summed E-state index contributed by atoms with van der Waals surface area (Å²) in [5.74, 6) is 1.30. The largest absolute Gasteiger partial charge is 0.482 e. The minimum atomic E-state index is -0.169. The Balaban J connectivity index is 1.69. The van der Waals surface area contributed by atoms with E-state index in [-0.39, 0.29) is 12.5 Å². The molecular weight excluding hydrogens is 272 g/mol. The molecule has 0 bridgehead atoms. The third-order valence-electron chi connectivity index (χ3n) is 3.25. The number of nitrogens with zero attached hydrogens (tertiary/aromatic N) is 3. The van der Waals surface area contributed by atoms with Gasteiger partial charge < -0.3 is 25.7 Å². The number of hydrogen-bond donors (Lipinski definition) is 3. The van der Waals surface area contributed by atoms with E-state index in [4.69, 9.17) is 10.5 Å². The van der Waals surface area contributed by atoms with Gasteiger partial charge in [0.25, 0.3) is 5.91 Å². The van der Waals surface area contributed by atoms with Crippen LogP contribution in [-0.2, 0) is 18.3 Å². The van der Waals surface area contributed by atoms with Gasteiger partial charge in [-0.25, -0.2) is 0 Å². The molecule has 0 unspecified atom stereocenters. The van der Waals surface area contributed by atoms with Gasteiger partial charge in [0, 0.05) is 26.1 Å². The van der Waals surface area contributed by atoms with Crippen molar-refractivity contribution in [1.82, 2.24) is 14.8 Å². The molecular formula is C13H16N6O2. The number of amides is 1. The molecule has 1 aromatic carbocycles. The summed E-state index contributed by atoms with van der Waals surface area (Å²) in [4.78, 5) is 11.3. The van der Waals surface area contributed by atoms with Crippen molar-refractivity contribution in [3.8, 4) is 5.75 Å². The third kappa shape index (κ3) is 2.73. The van der Waals surface area contributed by atoms with Crippen molar-refractivity contribution in [2.24, 2.45) is 7.05 Å². The Morgan fingerprint density at radius 2 is 2.38 bits per heavy atom. The maximum absolute atomic E-state index is 11.3. The Morgan fingerprint density at radius 3 is 3.14 bits per heavy atom. The van der Waals surface area contributed by atoms with Crippen LogP contribution in [-0.4, -0.2) is 33.8 Å². The van der Waals surface area contributed by atoms with Crippen molar-refractivity contribution in [1.29, 1.82) is 0 Å². The first-order valence-electron chi connectivity index (χ1n) is 6.56. The van der Waals surface area contributed by atoms with Crippen LogP contribution in [0.1, 0.15) is 5.82 Å². The molecule has 2 aromatic rings. The summed E-state index contributed by atoms with van der Waals surface area (Å²) in [6.07, 6.45) is 2.38. The van der Waals surface area contributed by atoms with E-state index in [2.05, 4.69) is 20.8 Å². The zero-order valence-electron chi connectivity index (χ0n) is 11.6. The molecule has 4 N–H and O–H groups in total. The van der Waals surface area contributed by atoms with E-state index in [1.807, 2.05) is 11.6 Å². The molecule has 1 aliphatic heterocycles. The second-order valence-electron chi connectivity index (χ2n) is 4.81. The number of aromatic nitrogens is 3. The molecule has 2 heterocycles. The lowest BCUT2D eigenvalue weighted by Crippen LogP contribution is -2.25. The van der Waals surface area contributed by atoms with Crippen molar-refractivity contribution >= 4 is 23.0 Å². The normalized spacial score (nSPS) is 13.3. The van der Waals surface area contributed by atoms with Gasteiger partial charge in [-0.15, -0.1) is 10.2 Å². The molecule has 0 fully saturated rings. The fourth-order valence-electron chi connectivity index (χ4n) is 2.14. The number of hydrogen-bond acceptors (Lipinski definition) is 6. The molecule has 1 aromatic heterocycles. The zero-order valence-corrected chi connectivity index (χ0v) is 11.6. The van der Waals surface area contributed by atoms with Crippen LogP contribution >= 0.6 is 0 Å². The van der Waals surface area contributed by atoms with Gasteiger partial charge in [-0.2, -0.15) is 0 Å². The van der Waals surface area contributed by atoms with E-state index in [1.165, 1.54) is 0 Å². The second-order valence-corrected chi connectivity index (χ2v) is 4.81. The smallest absolute Gasteiger partial charge is 0.262 e. The van der Waals surface area contributed by atoms with Crippen LogP contribution in [0, 0.1) is 0 Å². The Kier molecular flexibility index (Phi) is 3.35. The second kappa shape index (κ2) is 5.31. The van der Waals surface area contributed by atoms with Gasteiger partial charge in [-0.3, -0.25) is 4.79 Å². The number of nitrogens with two attached hydrogens (primary N) is 1. The van der Waals surface area contributed by atoms with Crippen molar-refractivity contribution in [3.63, 3.8) is 0 Å². The molecule has 0 saturated heterocycles. The van der Waals surface area contributed by atoms with E-state index >= 15 is 0 Å². The molecule has 8 heteroatoms. The number of benzene rings is 1. The van der Waals surface area contributed by atoms with Crippen molar-refractivity contribution in [3.05, 3.63) is 24.3 Å². The lowest BCUT2D eigenvalue weighted by Gasteiger charge is -2.20. The van der Waals surface area contributed by atoms with Crippen LogP contribution < -0.4 is 21.1 Å². The van der Waals surface area contributed by atoms with Crippen LogP contribution in [0.25, 0.3) is 0 Å². The van der Waals surface area contributed by atoms with Crippen molar-refractivity contribution < 1.29 is 9.53 Å². The summed E-state index contributed by atoms with van der Waals surface area (Å²) in [5.41, 5.74) is 7.93. The number of ether oxygens (including phenoxy) is 1. The fourth-order valence-corrected chi connectivity index (χ4v) is 2.14. The Morgan fingerprint density at radius 1 is 1.52 bits per heavy atom. The minimum absolute atomic E-state index is 0.0192. The standard InChI is InChI=1S/C13H16N6O2/c1-19-7-16-18-12(19)2-3-15-9-5-10-11(4-8(9)14)21-6-13(20)17-10/h4-5,7,15H,2-3,6,14H2,1H3,(H,17,20). The molecule has 0 spiro atoms. The Bertz CT molecular complexity index is 681. The maximum atomic E-state index is 11.3. The highest BCUT2D eigenvalue weighted by molar-refractivity contribution is 5.97. The van der Waals surface area contributed by atoms with Gasteiger partial charge in [0.1, 0.15) is 17.9 Å². The van der Waals surface area contributed by atoms with Gasteiger partial charge in [0.05, 0.1) is 17.1 Å². The molecule has 0 radical (unpaired) electrons. The van der Waals surface area contributed by atoms with Crippen molar-refractivity contribution in [2.75, 3.05) is 29.5 Å². The number of aryl methyl sites for hydroxylation is 1. The summed E-state index contributed by atoms with van der Waals surface area (Å²) in [6.45, 7) is 0.676. The molecule has 0 atom stereocenters. The van der Waals surface area contributed by atoms with E-state index < -0.39 is 0 Å². The predicted octanol–water partition coefficient (Wildman–Crippen LogP) is 0.383. The van der Waals surface area contributed by atoms with Gasteiger partial charge in [-0.1, -0.05) is 0 Å². The number of fused-ring (bicyclic) bond motifs is 1. The molecule has 110 valence electrons. The number of nitrogen functional groups attached to an aromatic ring is 1. The van der Waals surface area contributed by atoms with Crippen LogP contribution in [0.4, 0.5) is 17.1 Å². The summed E-state index contributed by atoms with van der Waals surface area (Å²) >= 11 is 0. The zero-order chi connectivity index (χ0) is 14.8. The summed E-state index contributed by atoms with van der Waals surface area (Å²) in [5, 5.41) is 13.8. The van der Waals surface area contributed by atoms with Gasteiger partial charge in [0.2, 0.25) is 0 Å². The first-order chi connectivity index (χ1) is 10.1. The molecule has 1 aliphatic rings. The van der Waals surface area contributed by atoms with Crippen LogP contribution in [0.2, 0.25) is 0 Å². The highest BCUT2D eigenvalue weighted by atomic mass is 16.5. The first-order valence-corrected chi connectivity index (χ1v) is 6.56. The molecule has 3 rings (SSSR count). The summed E-state index contributed by atoms with van der Waals surface area (Å²) < 4.78 is 7.18. The Hall–Kier alpha value is -2.77. The average molecular weight is 288 g/mol. The number of carbonyl (C=O) groups is 1. The van der Waals surface area contributed by atoms with E-state index in [0.717, 1.165) is 17.9 Å². The summed E-state index contributed by atoms with van der Waals surface area (Å²) in [7, 11) is 1.90. The number of anilines is 3. The van der Waals surface area contributed by atoms with Crippen LogP contribution in [0.15, 0.2) is 18.5 Å². The first kappa shape index (κ1) is 13.2. The number of nitrogens with one attached hydrogen (secondary N) is 2. The van der Waals surface area contributed by atoms with E-state index in [1.54, 1.807) is 18.5 Å². The van der Waals surface area contributed by atoms with E-state index in [0.29, 0.717) is 23.7 Å². The Labute approximate surface area is 121 Å². The maximum Gasteiger partial charge on any atom is 0.262 e. The quantitative estimate of drug-likeness (QED) is 0.702. The predicted molar refractivity (Wildman–Crippen MR) is 78.2 cm³/mol. The van der Waals surface area contributed by atoms with Crippen LogP contribution in [0.3, 0.4) is 0 Å². The van der Waals surface area contributed by atoms with Crippen LogP contribution in [0.5, 0.6) is 5.75 Å². The third-order valence-corrected chi connectivity index (χ3v) is 3.25. The fraction of sp³-hybridized carbons (Fsp3) is 0.308. The lowest BCUT2D eigenvalue weighted by molar-refractivity contribution is -0.118. The highest BCUT2D eigenvalue weighted by Crippen LogP contribution is 2.35. The molecule has 0 saturated carbocycles. The van der Waals surface area contributed by atoms with Gasteiger partial charge >= 0.3 is 0 Å². The number of carbonyl (C=O) groups excluding carboxylic acids is 1. The summed E-state index contributed by atoms with van der Waals surface area (Å²) in [6, 6.07) is 3.48. The average Bonchev–Trinajstić information content (AvgIpc) is 2.85. The lowest BCUT2D eigenvalue weighted by atomic mass is 10.2. The van der Waals surface area contributed by atoms with Crippen molar-refractivity contribution in [2.45, 2.75) is 6.42 Å². The molecule has 8 nitrogen and oxygen atoms in total. The topological polar surface area (TPSA) is 107 Å².